The molecule has 4 aromatic rings. The summed E-state index contributed by atoms with van der Waals surface area (Å²) in [6.07, 6.45) is 18.2. The minimum atomic E-state index is -0.0871. The second-order valence-corrected chi connectivity index (χ2v) is 8.74. The number of rotatable bonds is 7. The van der Waals surface area contributed by atoms with Crippen molar-refractivity contribution in [1.82, 2.24) is 30.1 Å². The molecule has 6 rings (SSSR count). The average Bonchev–Trinajstić information content (AvgIpc) is 3.46. The van der Waals surface area contributed by atoms with Crippen molar-refractivity contribution in [2.24, 2.45) is 0 Å². The molecule has 2 aliphatic carbocycles. The highest BCUT2D eigenvalue weighted by molar-refractivity contribution is 5.73. The van der Waals surface area contributed by atoms with Gasteiger partial charge in [0.1, 0.15) is 5.82 Å². The van der Waals surface area contributed by atoms with Gasteiger partial charge >= 0.3 is 0 Å². The van der Waals surface area contributed by atoms with Crippen LogP contribution in [0.2, 0.25) is 0 Å². The van der Waals surface area contributed by atoms with E-state index in [4.69, 9.17) is 14.4 Å². The van der Waals surface area contributed by atoms with Crippen LogP contribution in [0.25, 0.3) is 34.5 Å². The molecule has 1 N–H and O–H groups in total. The highest BCUT2D eigenvalue weighted by Gasteiger charge is 2.18. The fourth-order valence-corrected chi connectivity index (χ4v) is 4.59. The van der Waals surface area contributed by atoms with Gasteiger partial charge in [0.25, 0.3) is 5.89 Å². The van der Waals surface area contributed by atoms with Gasteiger partial charge in [0, 0.05) is 29.4 Å². The Morgan fingerprint density at radius 2 is 2.00 bits per heavy atom. The van der Waals surface area contributed by atoms with Crippen LogP contribution in [-0.4, -0.2) is 36.4 Å². The molecule has 4 aromatic heterocycles. The standard InChI is InChI=1S/C28H23N7O2/c36-17-24-34-35-28(37-24)20-13-19(14-29-15-20)26-32-23-11-6-10-22(18-7-2-1-3-8-18)25(23)27(33-26)31-16-21-9-4-5-12-30-21/h1-2,4-5,7,9,11-15,17H,3,6,8,10,16H2,(H,31,32,33). The number of aromatic nitrogens is 6. The van der Waals surface area contributed by atoms with Crippen molar-refractivity contribution in [3.05, 3.63) is 88.8 Å². The number of nitrogens with one attached hydrogen (secondary N) is 1. The van der Waals surface area contributed by atoms with E-state index in [0.29, 0.717) is 29.8 Å². The molecule has 0 aliphatic heterocycles. The largest absolute Gasteiger partial charge is 0.414 e. The van der Waals surface area contributed by atoms with E-state index in [0.717, 1.165) is 47.8 Å². The lowest BCUT2D eigenvalue weighted by Gasteiger charge is -2.19. The third kappa shape index (κ3) is 4.71. The van der Waals surface area contributed by atoms with E-state index >= 15 is 0 Å². The van der Waals surface area contributed by atoms with Gasteiger partial charge in [-0.25, -0.2) is 9.97 Å². The zero-order chi connectivity index (χ0) is 25.0. The molecule has 4 heterocycles. The Kier molecular flexibility index (Phi) is 6.16. The molecule has 0 fully saturated rings. The van der Waals surface area contributed by atoms with E-state index in [1.165, 1.54) is 11.1 Å². The van der Waals surface area contributed by atoms with Crippen LogP contribution in [0.15, 0.2) is 71.1 Å². The van der Waals surface area contributed by atoms with Gasteiger partial charge < -0.3 is 9.73 Å². The highest BCUT2D eigenvalue weighted by atomic mass is 16.4. The predicted octanol–water partition coefficient (Wildman–Crippen LogP) is 3.41. The number of fused-ring (bicyclic) bond motifs is 1. The van der Waals surface area contributed by atoms with Gasteiger partial charge in [0.15, 0.2) is 5.82 Å². The number of pyridine rings is 2. The van der Waals surface area contributed by atoms with Gasteiger partial charge in [-0.05, 0) is 55.0 Å². The maximum absolute atomic E-state index is 11.0. The fraction of sp³-hybridized carbons (Fsp3) is 0.179. The molecule has 0 saturated carbocycles. The monoisotopic (exact) mass is 489 g/mol. The Labute approximate surface area is 212 Å². The number of carbonyl (C=O) groups is 1. The molecule has 0 amide bonds. The molecule has 0 spiro atoms. The molecule has 9 heteroatoms. The molecule has 0 radical (unpaired) electrons. The summed E-state index contributed by atoms with van der Waals surface area (Å²) in [5, 5.41) is 13.1. The first kappa shape index (κ1) is 22.7. The predicted molar refractivity (Wildman–Crippen MR) is 138 cm³/mol. The van der Waals surface area contributed by atoms with Crippen molar-refractivity contribution in [3.8, 4) is 22.8 Å². The summed E-state index contributed by atoms with van der Waals surface area (Å²) in [7, 11) is 0. The number of nitrogens with zero attached hydrogens (tertiary/aromatic N) is 6. The molecular weight excluding hydrogens is 466 g/mol. The molecule has 0 atom stereocenters. The topological polar surface area (TPSA) is 120 Å². The number of hydrogen-bond donors (Lipinski definition) is 1. The third-order valence-electron chi connectivity index (χ3n) is 6.32. The van der Waals surface area contributed by atoms with Crippen LogP contribution in [0.5, 0.6) is 0 Å². The molecule has 37 heavy (non-hydrogen) atoms. The smallest absolute Gasteiger partial charge is 0.280 e. The average molecular weight is 490 g/mol. The summed E-state index contributed by atoms with van der Waals surface area (Å²) < 4.78 is 5.38. The van der Waals surface area contributed by atoms with Crippen molar-refractivity contribution in [2.75, 3.05) is 5.32 Å². The van der Waals surface area contributed by atoms with Gasteiger partial charge in [0.2, 0.25) is 12.2 Å². The van der Waals surface area contributed by atoms with E-state index in [2.05, 4.69) is 49.8 Å². The summed E-state index contributed by atoms with van der Waals surface area (Å²) >= 11 is 0. The van der Waals surface area contributed by atoms with Crippen LogP contribution in [0, 0.1) is 0 Å². The van der Waals surface area contributed by atoms with Crippen LogP contribution >= 0.6 is 0 Å². The summed E-state index contributed by atoms with van der Waals surface area (Å²) in [5.74, 6) is 1.42. The number of carbonyl (C=O) groups excluding carboxylic acids is 1. The van der Waals surface area contributed by atoms with E-state index in [-0.39, 0.29) is 11.8 Å². The van der Waals surface area contributed by atoms with Crippen molar-refractivity contribution in [2.45, 2.75) is 32.2 Å². The summed E-state index contributed by atoms with van der Waals surface area (Å²) in [6, 6.07) is 7.69. The lowest BCUT2D eigenvalue weighted by atomic mass is 9.90. The molecule has 0 bridgehead atoms. The summed E-state index contributed by atoms with van der Waals surface area (Å²) in [6.45, 7) is 0.532. The second kappa shape index (κ2) is 10.1. The van der Waals surface area contributed by atoms with Gasteiger partial charge in [0.05, 0.1) is 23.2 Å². The van der Waals surface area contributed by atoms with Gasteiger partial charge in [-0.15, -0.1) is 10.2 Å². The minimum absolute atomic E-state index is 0.0871. The molecule has 9 nitrogen and oxygen atoms in total. The van der Waals surface area contributed by atoms with Crippen LogP contribution in [0.1, 0.15) is 42.1 Å². The minimum Gasteiger partial charge on any atom is -0.414 e. The Morgan fingerprint density at radius 3 is 2.81 bits per heavy atom. The second-order valence-electron chi connectivity index (χ2n) is 8.74. The Morgan fingerprint density at radius 1 is 1.05 bits per heavy atom. The quantitative estimate of drug-likeness (QED) is 0.389. The van der Waals surface area contributed by atoms with Crippen molar-refractivity contribution in [1.29, 1.82) is 0 Å². The van der Waals surface area contributed by atoms with Gasteiger partial charge in [-0.3, -0.25) is 14.8 Å². The molecule has 182 valence electrons. The molecule has 0 saturated heterocycles. The SMILES string of the molecule is O=Cc1nnc(-c2cncc(-c3nc(NCc4ccccn4)c4c(n3)=CCCC=4C3=CC=CCC3)c2)o1. The van der Waals surface area contributed by atoms with Crippen molar-refractivity contribution < 1.29 is 9.21 Å². The molecular formula is C28H23N7O2. The Balaban J connectivity index is 1.48. The van der Waals surface area contributed by atoms with Gasteiger partial charge in [-0.2, -0.15) is 0 Å². The zero-order valence-electron chi connectivity index (χ0n) is 20.0. The van der Waals surface area contributed by atoms with Crippen LogP contribution < -0.4 is 15.9 Å². The highest BCUT2D eigenvalue weighted by Crippen LogP contribution is 2.27. The number of allylic oxidation sites excluding steroid dienone is 4. The summed E-state index contributed by atoms with van der Waals surface area (Å²) in [4.78, 5) is 29.7. The summed E-state index contributed by atoms with van der Waals surface area (Å²) in [5.41, 5.74) is 4.82. The molecule has 0 aromatic carbocycles. The van der Waals surface area contributed by atoms with E-state index in [1.54, 1.807) is 18.6 Å². The van der Waals surface area contributed by atoms with Crippen LogP contribution in [0.3, 0.4) is 0 Å². The van der Waals surface area contributed by atoms with Gasteiger partial charge in [-0.1, -0.05) is 30.4 Å². The molecule has 2 aliphatic rings. The first-order valence-corrected chi connectivity index (χ1v) is 12.1. The Hall–Kier alpha value is -4.79. The van der Waals surface area contributed by atoms with Crippen molar-refractivity contribution >= 4 is 23.8 Å². The number of anilines is 1. The van der Waals surface area contributed by atoms with Crippen LogP contribution in [-0.2, 0) is 6.54 Å². The fourth-order valence-electron chi connectivity index (χ4n) is 4.59. The lowest BCUT2D eigenvalue weighted by Crippen LogP contribution is -2.37. The number of aldehydes is 1. The third-order valence-corrected chi connectivity index (χ3v) is 6.32. The maximum Gasteiger partial charge on any atom is 0.280 e. The molecule has 0 unspecified atom stereocenters. The number of hydrogen-bond acceptors (Lipinski definition) is 9. The van der Waals surface area contributed by atoms with Crippen LogP contribution in [0.4, 0.5) is 5.82 Å². The lowest BCUT2D eigenvalue weighted by molar-refractivity contribution is 0.109. The van der Waals surface area contributed by atoms with E-state index in [1.807, 2.05) is 24.3 Å². The normalized spacial score (nSPS) is 14.5. The first-order chi connectivity index (χ1) is 18.3. The first-order valence-electron chi connectivity index (χ1n) is 12.1. The maximum atomic E-state index is 11.0. The van der Waals surface area contributed by atoms with E-state index in [9.17, 15) is 4.79 Å². The van der Waals surface area contributed by atoms with E-state index < -0.39 is 0 Å². The zero-order valence-corrected chi connectivity index (χ0v) is 20.0. The Bertz CT molecular complexity index is 1660. The van der Waals surface area contributed by atoms with Crippen molar-refractivity contribution in [3.63, 3.8) is 0 Å².